The lowest BCUT2D eigenvalue weighted by molar-refractivity contribution is -0.279. The Morgan fingerprint density at radius 3 is 2.11 bits per heavy atom. The summed E-state index contributed by atoms with van der Waals surface area (Å²) in [4.78, 5) is 0. The maximum absolute atomic E-state index is 8.51. The van der Waals surface area contributed by atoms with Crippen LogP contribution < -0.4 is 0 Å². The van der Waals surface area contributed by atoms with Gasteiger partial charge in [0.25, 0.3) is 0 Å². The SMILES string of the molecule is CCC1=C(C(O)(O)O)C1. The minimum absolute atomic E-state index is 0.366. The van der Waals surface area contributed by atoms with Crippen LogP contribution in [0.1, 0.15) is 19.8 Å². The second kappa shape index (κ2) is 1.80. The second-order valence-electron chi connectivity index (χ2n) is 2.25. The average molecular weight is 130 g/mol. The van der Waals surface area contributed by atoms with Crippen LogP contribution in [-0.2, 0) is 0 Å². The quantitative estimate of drug-likeness (QED) is 0.356. The fourth-order valence-corrected chi connectivity index (χ4v) is 0.863. The van der Waals surface area contributed by atoms with Gasteiger partial charge in [0.05, 0.1) is 0 Å². The van der Waals surface area contributed by atoms with Crippen molar-refractivity contribution < 1.29 is 15.3 Å². The Hall–Kier alpha value is -0.380. The van der Waals surface area contributed by atoms with Crippen LogP contribution in [0.3, 0.4) is 0 Å². The van der Waals surface area contributed by atoms with E-state index in [0.29, 0.717) is 12.0 Å². The molecule has 0 bridgehead atoms. The van der Waals surface area contributed by atoms with E-state index in [9.17, 15) is 0 Å². The molecule has 0 radical (unpaired) electrons. The van der Waals surface area contributed by atoms with Gasteiger partial charge in [0.2, 0.25) is 0 Å². The lowest BCUT2D eigenvalue weighted by Gasteiger charge is -2.07. The highest BCUT2D eigenvalue weighted by atomic mass is 16.7. The summed E-state index contributed by atoms with van der Waals surface area (Å²) in [6, 6.07) is 0. The monoisotopic (exact) mass is 130 g/mol. The minimum atomic E-state index is -2.54. The number of aliphatic hydroxyl groups is 3. The van der Waals surface area contributed by atoms with Crippen molar-refractivity contribution in [3.63, 3.8) is 0 Å². The maximum Gasteiger partial charge on any atom is 0.300 e. The third-order valence-electron chi connectivity index (χ3n) is 1.52. The molecule has 0 aromatic rings. The van der Waals surface area contributed by atoms with Crippen LogP contribution >= 0.6 is 0 Å². The topological polar surface area (TPSA) is 60.7 Å². The molecule has 0 fully saturated rings. The summed E-state index contributed by atoms with van der Waals surface area (Å²) >= 11 is 0. The smallest absolute Gasteiger partial charge is 0.300 e. The van der Waals surface area contributed by atoms with Crippen LogP contribution in [-0.4, -0.2) is 21.3 Å². The first-order valence-electron chi connectivity index (χ1n) is 2.94. The zero-order chi connectivity index (χ0) is 7.07. The molecule has 0 atom stereocenters. The molecular formula is C6H10O3. The van der Waals surface area contributed by atoms with Crippen molar-refractivity contribution in [3.8, 4) is 0 Å². The Morgan fingerprint density at radius 2 is 2.00 bits per heavy atom. The van der Waals surface area contributed by atoms with Crippen LogP contribution in [0.25, 0.3) is 0 Å². The first-order valence-corrected chi connectivity index (χ1v) is 2.94. The van der Waals surface area contributed by atoms with Crippen molar-refractivity contribution in [2.45, 2.75) is 25.7 Å². The molecule has 52 valence electrons. The minimum Gasteiger partial charge on any atom is -0.340 e. The molecule has 0 spiro atoms. The predicted molar refractivity (Wildman–Crippen MR) is 31.3 cm³/mol. The van der Waals surface area contributed by atoms with E-state index in [2.05, 4.69) is 0 Å². The van der Waals surface area contributed by atoms with Gasteiger partial charge in [-0.3, -0.25) is 0 Å². The molecule has 0 unspecified atom stereocenters. The third kappa shape index (κ3) is 1.30. The Balaban J connectivity index is 2.58. The van der Waals surface area contributed by atoms with E-state index in [-0.39, 0.29) is 0 Å². The standard InChI is InChI=1S/C6H10O3/c1-2-4-3-5(4)6(7,8)9/h7-9H,2-3H2,1H3. The van der Waals surface area contributed by atoms with E-state index >= 15 is 0 Å². The summed E-state index contributed by atoms with van der Waals surface area (Å²) in [6.07, 6.45) is 1.36. The van der Waals surface area contributed by atoms with Crippen molar-refractivity contribution in [3.05, 3.63) is 11.1 Å². The average Bonchev–Trinajstić information content (AvgIpc) is 2.39. The molecule has 0 heterocycles. The molecular weight excluding hydrogens is 120 g/mol. The van der Waals surface area contributed by atoms with Crippen molar-refractivity contribution in [2.24, 2.45) is 0 Å². The van der Waals surface area contributed by atoms with Crippen LogP contribution in [0.5, 0.6) is 0 Å². The molecule has 1 rings (SSSR count). The van der Waals surface area contributed by atoms with E-state index in [1.807, 2.05) is 6.92 Å². The number of rotatable bonds is 2. The van der Waals surface area contributed by atoms with Crippen molar-refractivity contribution >= 4 is 0 Å². The molecule has 9 heavy (non-hydrogen) atoms. The van der Waals surface area contributed by atoms with Gasteiger partial charge in [0.15, 0.2) is 0 Å². The third-order valence-corrected chi connectivity index (χ3v) is 1.52. The van der Waals surface area contributed by atoms with Crippen LogP contribution in [0.15, 0.2) is 11.1 Å². The molecule has 3 heteroatoms. The lowest BCUT2D eigenvalue weighted by atomic mass is 10.4. The summed E-state index contributed by atoms with van der Waals surface area (Å²) < 4.78 is 0. The highest BCUT2D eigenvalue weighted by molar-refractivity contribution is 5.37. The number of allylic oxidation sites excluding steroid dienone is 1. The number of hydrogen-bond acceptors (Lipinski definition) is 3. The van der Waals surface area contributed by atoms with E-state index < -0.39 is 5.97 Å². The van der Waals surface area contributed by atoms with Gasteiger partial charge in [0, 0.05) is 5.57 Å². The Bertz CT molecular complexity index is 152. The molecule has 3 N–H and O–H groups in total. The highest BCUT2D eigenvalue weighted by Crippen LogP contribution is 2.38. The van der Waals surface area contributed by atoms with Gasteiger partial charge >= 0.3 is 5.97 Å². The Morgan fingerprint density at radius 1 is 1.44 bits per heavy atom. The van der Waals surface area contributed by atoms with Gasteiger partial charge in [0.1, 0.15) is 0 Å². The molecule has 3 nitrogen and oxygen atoms in total. The zero-order valence-electron chi connectivity index (χ0n) is 5.26. The Kier molecular flexibility index (Phi) is 1.35. The molecule has 0 aliphatic heterocycles. The van der Waals surface area contributed by atoms with E-state index in [1.165, 1.54) is 0 Å². The van der Waals surface area contributed by atoms with Crippen LogP contribution in [0, 0.1) is 0 Å². The molecule has 0 saturated heterocycles. The summed E-state index contributed by atoms with van der Waals surface area (Å²) in [6.45, 7) is 1.91. The summed E-state index contributed by atoms with van der Waals surface area (Å²) in [5.74, 6) is -2.54. The van der Waals surface area contributed by atoms with Crippen molar-refractivity contribution in [1.82, 2.24) is 0 Å². The summed E-state index contributed by atoms with van der Waals surface area (Å²) in [5.41, 5.74) is 1.31. The fourth-order valence-electron chi connectivity index (χ4n) is 0.863. The number of hydrogen-bond donors (Lipinski definition) is 3. The highest BCUT2D eigenvalue weighted by Gasteiger charge is 2.36. The molecule has 0 saturated carbocycles. The molecule has 1 aliphatic carbocycles. The van der Waals surface area contributed by atoms with Gasteiger partial charge in [-0.25, -0.2) is 0 Å². The summed E-state index contributed by atoms with van der Waals surface area (Å²) in [7, 11) is 0. The van der Waals surface area contributed by atoms with Crippen LogP contribution in [0.4, 0.5) is 0 Å². The molecule has 1 aliphatic rings. The first-order chi connectivity index (χ1) is 4.05. The summed E-state index contributed by atoms with van der Waals surface area (Å²) in [5, 5.41) is 25.5. The van der Waals surface area contributed by atoms with Gasteiger partial charge in [-0.15, -0.1) is 0 Å². The van der Waals surface area contributed by atoms with Gasteiger partial charge in [-0.2, -0.15) is 0 Å². The maximum atomic E-state index is 8.51. The normalized spacial score (nSPS) is 18.7. The molecule has 0 aromatic carbocycles. The zero-order valence-corrected chi connectivity index (χ0v) is 5.26. The van der Waals surface area contributed by atoms with E-state index in [4.69, 9.17) is 15.3 Å². The van der Waals surface area contributed by atoms with E-state index in [0.717, 1.165) is 12.0 Å². The Labute approximate surface area is 53.3 Å². The van der Waals surface area contributed by atoms with Crippen LogP contribution in [0.2, 0.25) is 0 Å². The fraction of sp³-hybridized carbons (Fsp3) is 0.667. The predicted octanol–water partition coefficient (Wildman–Crippen LogP) is -0.273. The lowest BCUT2D eigenvalue weighted by Crippen LogP contribution is -2.25. The largest absolute Gasteiger partial charge is 0.340 e. The van der Waals surface area contributed by atoms with Gasteiger partial charge < -0.3 is 15.3 Å². The van der Waals surface area contributed by atoms with Gasteiger partial charge in [-0.05, 0) is 12.8 Å². The first kappa shape index (κ1) is 6.74. The molecule has 0 aromatic heterocycles. The van der Waals surface area contributed by atoms with E-state index in [1.54, 1.807) is 0 Å². The second-order valence-corrected chi connectivity index (χ2v) is 2.25. The van der Waals surface area contributed by atoms with Crippen molar-refractivity contribution in [1.29, 1.82) is 0 Å². The molecule has 0 amide bonds. The van der Waals surface area contributed by atoms with Crippen molar-refractivity contribution in [2.75, 3.05) is 0 Å². The van der Waals surface area contributed by atoms with Gasteiger partial charge in [-0.1, -0.05) is 12.5 Å².